The van der Waals surface area contributed by atoms with Crippen molar-refractivity contribution in [2.75, 3.05) is 10.2 Å². The topological polar surface area (TPSA) is 136 Å². The molecule has 3 heterocycles. The number of nitrogens with one attached hydrogen (secondary N) is 1. The molecule has 12 heteroatoms. The van der Waals surface area contributed by atoms with Crippen LogP contribution >= 0.6 is 11.3 Å². The van der Waals surface area contributed by atoms with E-state index in [2.05, 4.69) is 15.3 Å². The minimum atomic E-state index is -1.57. The largest absolute Gasteiger partial charge is 0.464 e. The van der Waals surface area contributed by atoms with E-state index in [1.165, 1.54) is 46.4 Å². The van der Waals surface area contributed by atoms with Crippen LogP contribution in [-0.2, 0) is 0 Å². The first-order chi connectivity index (χ1) is 18.0. The van der Waals surface area contributed by atoms with Gasteiger partial charge < -0.3 is 14.6 Å². The first kappa shape index (κ1) is 23.5. The Morgan fingerprint density at radius 3 is 2.49 bits per heavy atom. The van der Waals surface area contributed by atoms with Crippen molar-refractivity contribution in [3.05, 3.63) is 90.7 Å². The standard InChI is InChI=1S/C25H17N5O6S/c31-23(28-22-27-11-13-37-22)29-12-9-16-14-18(6-7-20(16)29)35-19-8-10-26-21(15-19)30(24(32)33)25(34)36-17-4-2-1-3-5-17/h1-15H,(H,32,33)(H,27,28,31). The molecule has 11 nitrogen and oxygen atoms in total. The number of carboxylic acid groups (broad SMARTS) is 1. The maximum absolute atomic E-state index is 12.6. The van der Waals surface area contributed by atoms with Gasteiger partial charge in [-0.1, -0.05) is 18.2 Å². The van der Waals surface area contributed by atoms with Crippen molar-refractivity contribution in [2.24, 2.45) is 0 Å². The number of nitrogens with zero attached hydrogens (tertiary/aromatic N) is 4. The molecule has 0 fully saturated rings. The quantitative estimate of drug-likeness (QED) is 0.289. The molecule has 3 amide bonds. The molecule has 2 aromatic carbocycles. The lowest BCUT2D eigenvalue weighted by molar-refractivity contribution is 0.187. The van der Waals surface area contributed by atoms with Crippen molar-refractivity contribution in [3.8, 4) is 17.2 Å². The third-order valence-corrected chi connectivity index (χ3v) is 5.72. The molecule has 0 saturated heterocycles. The van der Waals surface area contributed by atoms with Crippen molar-refractivity contribution in [1.29, 1.82) is 0 Å². The van der Waals surface area contributed by atoms with Gasteiger partial charge in [0.25, 0.3) is 0 Å². The van der Waals surface area contributed by atoms with Gasteiger partial charge in [0, 0.05) is 35.4 Å². The zero-order chi connectivity index (χ0) is 25.8. The van der Waals surface area contributed by atoms with Gasteiger partial charge >= 0.3 is 18.2 Å². The third-order valence-electron chi connectivity index (χ3n) is 5.03. The monoisotopic (exact) mass is 515 g/mol. The molecule has 3 aromatic heterocycles. The van der Waals surface area contributed by atoms with Crippen molar-refractivity contribution < 1.29 is 29.0 Å². The molecule has 0 saturated carbocycles. The minimum Gasteiger partial charge on any atom is -0.464 e. The van der Waals surface area contributed by atoms with Crippen LogP contribution in [0, 0.1) is 0 Å². The maximum atomic E-state index is 12.6. The van der Waals surface area contributed by atoms with E-state index >= 15 is 0 Å². The number of pyridine rings is 1. The normalized spacial score (nSPS) is 10.6. The summed E-state index contributed by atoms with van der Waals surface area (Å²) in [6.07, 6.45) is 1.84. The molecule has 37 heavy (non-hydrogen) atoms. The molecule has 2 N–H and O–H groups in total. The number of thiazole rings is 1. The van der Waals surface area contributed by atoms with E-state index in [1.54, 1.807) is 60.2 Å². The number of hydrogen-bond acceptors (Lipinski definition) is 8. The molecule has 5 rings (SSSR count). The van der Waals surface area contributed by atoms with E-state index in [0.717, 1.165) is 5.39 Å². The smallest absolute Gasteiger partial charge is 0.430 e. The Labute approximate surface area is 213 Å². The number of fused-ring (bicyclic) bond motifs is 1. The fraction of sp³-hybridized carbons (Fsp3) is 0. The van der Waals surface area contributed by atoms with Crippen LogP contribution in [-0.4, -0.2) is 37.9 Å². The van der Waals surface area contributed by atoms with Gasteiger partial charge in [0.15, 0.2) is 10.9 Å². The second-order valence-electron chi connectivity index (χ2n) is 7.42. The highest BCUT2D eigenvalue weighted by atomic mass is 32.1. The number of amides is 3. The first-order valence-electron chi connectivity index (χ1n) is 10.7. The lowest BCUT2D eigenvalue weighted by atomic mass is 10.2. The van der Waals surface area contributed by atoms with Crippen LogP contribution in [0.3, 0.4) is 0 Å². The summed E-state index contributed by atoms with van der Waals surface area (Å²) in [4.78, 5) is 45.3. The molecular weight excluding hydrogens is 498 g/mol. The van der Waals surface area contributed by atoms with Gasteiger partial charge in [-0.2, -0.15) is 4.90 Å². The summed E-state index contributed by atoms with van der Waals surface area (Å²) in [6.45, 7) is 0. The Kier molecular flexibility index (Phi) is 6.46. The Balaban J connectivity index is 1.34. The van der Waals surface area contributed by atoms with Crippen molar-refractivity contribution in [3.63, 3.8) is 0 Å². The number of benzene rings is 2. The van der Waals surface area contributed by atoms with E-state index in [4.69, 9.17) is 9.47 Å². The van der Waals surface area contributed by atoms with Crippen LogP contribution in [0.4, 0.5) is 25.3 Å². The van der Waals surface area contributed by atoms with Crippen LogP contribution in [0.2, 0.25) is 0 Å². The molecule has 0 aliphatic rings. The zero-order valence-corrected chi connectivity index (χ0v) is 19.7. The predicted octanol–water partition coefficient (Wildman–Crippen LogP) is 6.05. The molecule has 5 aromatic rings. The minimum absolute atomic E-state index is 0.187. The Bertz CT molecular complexity index is 1590. The molecule has 0 bridgehead atoms. The van der Waals surface area contributed by atoms with Crippen LogP contribution in [0.25, 0.3) is 10.9 Å². The summed E-state index contributed by atoms with van der Waals surface area (Å²) in [6, 6.07) is 17.4. The number of para-hydroxylation sites is 1. The number of hydrogen-bond donors (Lipinski definition) is 2. The summed E-state index contributed by atoms with van der Waals surface area (Å²) >= 11 is 1.31. The number of carbonyl (C=O) groups is 3. The fourth-order valence-electron chi connectivity index (χ4n) is 3.42. The molecule has 184 valence electrons. The number of carbonyl (C=O) groups excluding carboxylic acids is 2. The second kappa shape index (κ2) is 10.2. The number of imide groups is 1. The highest BCUT2D eigenvalue weighted by Gasteiger charge is 2.27. The van der Waals surface area contributed by atoms with Crippen LogP contribution < -0.4 is 19.7 Å². The van der Waals surface area contributed by atoms with Crippen molar-refractivity contribution in [2.45, 2.75) is 0 Å². The summed E-state index contributed by atoms with van der Waals surface area (Å²) in [5.74, 6) is 0.657. The third kappa shape index (κ3) is 5.23. The molecule has 0 unspecified atom stereocenters. The van der Waals surface area contributed by atoms with Crippen LogP contribution in [0.5, 0.6) is 17.2 Å². The van der Waals surface area contributed by atoms with Gasteiger partial charge in [0.1, 0.15) is 17.2 Å². The number of ether oxygens (including phenoxy) is 2. The van der Waals surface area contributed by atoms with Crippen molar-refractivity contribution >= 4 is 51.4 Å². The van der Waals surface area contributed by atoms with Crippen LogP contribution in [0.1, 0.15) is 0 Å². The number of anilines is 2. The van der Waals surface area contributed by atoms with Gasteiger partial charge in [-0.25, -0.2) is 24.4 Å². The van der Waals surface area contributed by atoms with E-state index < -0.39 is 12.2 Å². The average molecular weight is 516 g/mol. The molecule has 0 spiro atoms. The fourth-order valence-corrected chi connectivity index (χ4v) is 3.94. The van der Waals surface area contributed by atoms with E-state index in [1.807, 2.05) is 0 Å². The molecule has 0 radical (unpaired) electrons. The maximum Gasteiger partial charge on any atom is 0.430 e. The van der Waals surface area contributed by atoms with E-state index in [-0.39, 0.29) is 23.3 Å². The highest BCUT2D eigenvalue weighted by Crippen LogP contribution is 2.29. The zero-order valence-electron chi connectivity index (χ0n) is 18.8. The highest BCUT2D eigenvalue weighted by molar-refractivity contribution is 7.13. The lowest BCUT2D eigenvalue weighted by Crippen LogP contribution is -2.38. The van der Waals surface area contributed by atoms with E-state index in [0.29, 0.717) is 21.3 Å². The van der Waals surface area contributed by atoms with E-state index in [9.17, 15) is 19.5 Å². The lowest BCUT2D eigenvalue weighted by Gasteiger charge is -2.16. The molecule has 0 aliphatic carbocycles. The number of rotatable bonds is 5. The van der Waals surface area contributed by atoms with Gasteiger partial charge in [-0.05, 0) is 42.5 Å². The Morgan fingerprint density at radius 2 is 1.73 bits per heavy atom. The molecular formula is C25H17N5O6S. The van der Waals surface area contributed by atoms with Gasteiger partial charge in [-0.15, -0.1) is 11.3 Å². The van der Waals surface area contributed by atoms with Gasteiger partial charge in [0.05, 0.1) is 5.52 Å². The van der Waals surface area contributed by atoms with Gasteiger partial charge in [-0.3, -0.25) is 9.88 Å². The van der Waals surface area contributed by atoms with Gasteiger partial charge in [0.2, 0.25) is 0 Å². The molecule has 0 atom stereocenters. The average Bonchev–Trinajstić information content (AvgIpc) is 3.54. The summed E-state index contributed by atoms with van der Waals surface area (Å²) in [5, 5.41) is 15.3. The first-order valence-corrected chi connectivity index (χ1v) is 11.6. The van der Waals surface area contributed by atoms with Crippen LogP contribution in [0.15, 0.2) is 90.7 Å². The Hall–Kier alpha value is -5.23. The predicted molar refractivity (Wildman–Crippen MR) is 136 cm³/mol. The summed E-state index contributed by atoms with van der Waals surface area (Å²) in [7, 11) is 0. The van der Waals surface area contributed by atoms with Crippen molar-refractivity contribution in [1.82, 2.24) is 14.5 Å². The summed E-state index contributed by atoms with van der Waals surface area (Å²) < 4.78 is 12.5. The SMILES string of the molecule is O=C(O)N(C(=O)Oc1ccccc1)c1cc(Oc2ccc3c(ccn3C(=O)Nc3nccs3)c2)ccn1. The Morgan fingerprint density at radius 1 is 0.919 bits per heavy atom. The second-order valence-corrected chi connectivity index (χ2v) is 8.32. The molecule has 0 aliphatic heterocycles. The number of aromatic nitrogens is 3. The summed E-state index contributed by atoms with van der Waals surface area (Å²) in [5.41, 5.74) is 0.650.